The lowest BCUT2D eigenvalue weighted by molar-refractivity contribution is 0.257. The van der Waals surface area contributed by atoms with E-state index in [2.05, 4.69) is 10.3 Å². The maximum atomic E-state index is 14.2. The third kappa shape index (κ3) is 3.55. The van der Waals surface area contributed by atoms with Gasteiger partial charge in [0.2, 0.25) is 10.0 Å². The van der Waals surface area contributed by atoms with Gasteiger partial charge >= 0.3 is 0 Å². The van der Waals surface area contributed by atoms with Crippen molar-refractivity contribution in [1.29, 1.82) is 0 Å². The Morgan fingerprint density at radius 2 is 2.00 bits per heavy atom. The van der Waals surface area contributed by atoms with Gasteiger partial charge < -0.3 is 9.88 Å². The smallest absolute Gasteiger partial charge is 0.246 e. The van der Waals surface area contributed by atoms with Crippen LogP contribution in [0.15, 0.2) is 29.4 Å². The lowest BCUT2D eigenvalue weighted by Crippen LogP contribution is -2.49. The van der Waals surface area contributed by atoms with Crippen LogP contribution in [0.3, 0.4) is 0 Å². The predicted molar refractivity (Wildman–Crippen MR) is 91.1 cm³/mol. The van der Waals surface area contributed by atoms with Gasteiger partial charge in [-0.15, -0.1) is 12.4 Å². The number of benzene rings is 1. The Labute approximate surface area is 151 Å². The van der Waals surface area contributed by atoms with Crippen LogP contribution in [0.1, 0.15) is 17.4 Å². The summed E-state index contributed by atoms with van der Waals surface area (Å²) in [5.41, 5.74) is 0.0624. The molecule has 3 rings (SSSR count). The highest BCUT2D eigenvalue weighted by Crippen LogP contribution is 2.30. The minimum absolute atomic E-state index is 0. The molecule has 1 atom stereocenters. The first-order valence-electron chi connectivity index (χ1n) is 7.48. The van der Waals surface area contributed by atoms with Crippen molar-refractivity contribution in [1.82, 2.24) is 19.2 Å². The molecule has 1 fully saturated rings. The number of nitrogens with one attached hydrogen (secondary N) is 1. The number of aromatic nitrogens is 2. The Balaban J connectivity index is 0.00000225. The van der Waals surface area contributed by atoms with E-state index in [-0.39, 0.29) is 24.5 Å². The van der Waals surface area contributed by atoms with E-state index in [9.17, 15) is 17.2 Å². The van der Waals surface area contributed by atoms with E-state index in [1.165, 1.54) is 11.2 Å². The van der Waals surface area contributed by atoms with Gasteiger partial charge in [0.25, 0.3) is 0 Å². The van der Waals surface area contributed by atoms with E-state index in [4.69, 9.17) is 0 Å². The molecule has 0 bridgehead atoms. The average molecular weight is 393 g/mol. The monoisotopic (exact) mass is 392 g/mol. The molecule has 1 aromatic heterocycles. The van der Waals surface area contributed by atoms with Crippen LogP contribution in [0.2, 0.25) is 0 Å². The van der Waals surface area contributed by atoms with Gasteiger partial charge in [-0.2, -0.15) is 4.31 Å². The standard InChI is InChI=1S/C15H18F2N4O2S.ClH/c1-10-7-12(17)14(8-11(10)16)24(22,23)21-6-3-18-9-13(21)15-19-4-5-20(15)2;/h4-5,7-8,13,18H,3,6,9H2,1-2H3;1H. The Hall–Kier alpha value is -1.55. The van der Waals surface area contributed by atoms with Gasteiger partial charge in [0.15, 0.2) is 0 Å². The summed E-state index contributed by atoms with van der Waals surface area (Å²) in [6, 6.07) is 1.06. The second-order valence-electron chi connectivity index (χ2n) is 5.76. The summed E-state index contributed by atoms with van der Waals surface area (Å²) in [6.45, 7) is 2.31. The first-order valence-corrected chi connectivity index (χ1v) is 8.92. The molecule has 0 spiro atoms. The minimum atomic E-state index is -4.20. The van der Waals surface area contributed by atoms with E-state index < -0.39 is 32.6 Å². The van der Waals surface area contributed by atoms with Crippen LogP contribution >= 0.6 is 12.4 Å². The van der Waals surface area contributed by atoms with Crippen molar-refractivity contribution >= 4 is 22.4 Å². The summed E-state index contributed by atoms with van der Waals surface area (Å²) in [5, 5.41) is 3.11. The Morgan fingerprint density at radius 3 is 2.64 bits per heavy atom. The van der Waals surface area contributed by atoms with E-state index in [0.29, 0.717) is 18.9 Å². The normalized spacial score (nSPS) is 18.8. The lowest BCUT2D eigenvalue weighted by atomic mass is 10.2. The van der Waals surface area contributed by atoms with E-state index in [1.807, 2.05) is 0 Å². The highest BCUT2D eigenvalue weighted by Gasteiger charge is 2.38. The number of hydrogen-bond donors (Lipinski definition) is 1. The number of hydrogen-bond acceptors (Lipinski definition) is 4. The van der Waals surface area contributed by atoms with Gasteiger partial charge in [-0.1, -0.05) is 0 Å². The molecular weight excluding hydrogens is 374 g/mol. The maximum Gasteiger partial charge on any atom is 0.246 e. The van der Waals surface area contributed by atoms with Crippen molar-refractivity contribution in [3.63, 3.8) is 0 Å². The largest absolute Gasteiger partial charge is 0.337 e. The molecule has 2 heterocycles. The quantitative estimate of drug-likeness (QED) is 0.864. The summed E-state index contributed by atoms with van der Waals surface area (Å²) in [5.74, 6) is -1.16. The van der Waals surface area contributed by atoms with Gasteiger partial charge in [0.1, 0.15) is 22.4 Å². The summed E-state index contributed by atoms with van der Waals surface area (Å²) >= 11 is 0. The highest BCUT2D eigenvalue weighted by molar-refractivity contribution is 7.89. The molecule has 0 saturated carbocycles. The average Bonchev–Trinajstić information content (AvgIpc) is 2.96. The molecule has 0 radical (unpaired) electrons. The number of sulfonamides is 1. The first-order chi connectivity index (χ1) is 11.3. The molecule has 138 valence electrons. The number of imidazole rings is 1. The fourth-order valence-corrected chi connectivity index (χ4v) is 4.49. The van der Waals surface area contributed by atoms with E-state index >= 15 is 0 Å². The topological polar surface area (TPSA) is 67.2 Å². The molecule has 1 aliphatic rings. The molecule has 1 aliphatic heterocycles. The molecule has 10 heteroatoms. The molecule has 1 unspecified atom stereocenters. The van der Waals surface area contributed by atoms with Crippen LogP contribution in [0.5, 0.6) is 0 Å². The zero-order chi connectivity index (χ0) is 17.5. The van der Waals surface area contributed by atoms with Crippen molar-refractivity contribution in [2.75, 3.05) is 19.6 Å². The Kier molecular flexibility index (Phi) is 5.82. The third-order valence-electron chi connectivity index (χ3n) is 4.15. The molecule has 2 aromatic rings. The van der Waals surface area contributed by atoms with Crippen molar-refractivity contribution < 1.29 is 17.2 Å². The third-order valence-corrected chi connectivity index (χ3v) is 6.07. The fraction of sp³-hybridized carbons (Fsp3) is 0.400. The van der Waals surface area contributed by atoms with Crippen LogP contribution in [0.4, 0.5) is 8.78 Å². The van der Waals surface area contributed by atoms with Crippen LogP contribution in [0.25, 0.3) is 0 Å². The van der Waals surface area contributed by atoms with Crippen molar-refractivity contribution in [2.45, 2.75) is 17.9 Å². The van der Waals surface area contributed by atoms with Crippen LogP contribution in [-0.4, -0.2) is 41.9 Å². The summed E-state index contributed by atoms with van der Waals surface area (Å²) in [4.78, 5) is 3.55. The number of aryl methyl sites for hydroxylation is 2. The highest BCUT2D eigenvalue weighted by atomic mass is 35.5. The Bertz CT molecular complexity index is 872. The molecular formula is C15H19ClF2N4O2S. The zero-order valence-electron chi connectivity index (χ0n) is 13.7. The molecule has 1 aromatic carbocycles. The number of piperazine rings is 1. The second-order valence-corrected chi connectivity index (χ2v) is 7.62. The number of rotatable bonds is 3. The summed E-state index contributed by atoms with van der Waals surface area (Å²) in [7, 11) is -2.44. The van der Waals surface area contributed by atoms with E-state index in [1.54, 1.807) is 24.0 Å². The van der Waals surface area contributed by atoms with Gasteiger partial charge in [0.05, 0.1) is 6.04 Å². The van der Waals surface area contributed by atoms with Gasteiger partial charge in [-0.3, -0.25) is 0 Å². The first kappa shape index (κ1) is 19.8. The fourth-order valence-electron chi connectivity index (χ4n) is 2.84. The summed E-state index contributed by atoms with van der Waals surface area (Å²) in [6.07, 6.45) is 3.28. The predicted octanol–water partition coefficient (Wildman–Crippen LogP) is 1.76. The number of nitrogens with zero attached hydrogens (tertiary/aromatic N) is 3. The van der Waals surface area contributed by atoms with Gasteiger partial charge in [-0.05, 0) is 24.6 Å². The molecule has 6 nitrogen and oxygen atoms in total. The molecule has 25 heavy (non-hydrogen) atoms. The molecule has 1 N–H and O–H groups in total. The van der Waals surface area contributed by atoms with Crippen LogP contribution in [-0.2, 0) is 17.1 Å². The lowest BCUT2D eigenvalue weighted by Gasteiger charge is -2.34. The maximum absolute atomic E-state index is 14.2. The molecule has 0 aliphatic carbocycles. The van der Waals surface area contributed by atoms with Crippen LogP contribution < -0.4 is 5.32 Å². The van der Waals surface area contributed by atoms with Gasteiger partial charge in [0, 0.05) is 39.1 Å². The van der Waals surface area contributed by atoms with Crippen molar-refractivity contribution in [3.05, 3.63) is 47.5 Å². The van der Waals surface area contributed by atoms with Crippen molar-refractivity contribution in [2.24, 2.45) is 7.05 Å². The van der Waals surface area contributed by atoms with Gasteiger partial charge in [-0.25, -0.2) is 22.2 Å². The zero-order valence-corrected chi connectivity index (χ0v) is 15.4. The summed E-state index contributed by atoms with van der Waals surface area (Å²) < 4.78 is 56.8. The SMILES string of the molecule is Cc1cc(F)c(S(=O)(=O)N2CCNCC2c2nccn2C)cc1F.Cl. The molecule has 1 saturated heterocycles. The number of halogens is 3. The minimum Gasteiger partial charge on any atom is -0.337 e. The van der Waals surface area contributed by atoms with E-state index in [0.717, 1.165) is 12.1 Å². The molecule has 0 amide bonds. The second kappa shape index (κ2) is 7.36. The Morgan fingerprint density at radius 1 is 1.28 bits per heavy atom. The van der Waals surface area contributed by atoms with Crippen molar-refractivity contribution in [3.8, 4) is 0 Å². The van der Waals surface area contributed by atoms with Crippen LogP contribution in [0, 0.1) is 18.6 Å².